The number of hydrogen-bond donors (Lipinski definition) is 1. The number of benzene rings is 5. The number of nitrogens with one attached hydrogen (secondary N) is 1. The van der Waals surface area contributed by atoms with Crippen molar-refractivity contribution in [3.05, 3.63) is 191 Å². The fourth-order valence-corrected chi connectivity index (χ4v) is 6.51. The number of carbonyl (C=O) groups is 1. The zero-order valence-electron chi connectivity index (χ0n) is 30.3. The Kier molecular flexibility index (Phi) is 13.3. The SMILES string of the molecule is O=C(Nc1ccc(C(F)(F)F)cc1)N(Cc1ccc(-c2ccc(CN(CCCc3ccccc3)CCCc3ccccc3)cc2)cc1)Cc1cccnc1. The van der Waals surface area contributed by atoms with E-state index in [0.29, 0.717) is 6.54 Å². The van der Waals surface area contributed by atoms with Crippen molar-refractivity contribution in [3.63, 3.8) is 0 Å². The number of rotatable bonds is 16. The van der Waals surface area contributed by atoms with Crippen LogP contribution in [0, 0.1) is 0 Å². The third kappa shape index (κ3) is 11.6. The summed E-state index contributed by atoms with van der Waals surface area (Å²) in [6.07, 6.45) is 3.26. The summed E-state index contributed by atoms with van der Waals surface area (Å²) in [6.45, 7) is 3.54. The van der Waals surface area contributed by atoms with E-state index in [4.69, 9.17) is 0 Å². The van der Waals surface area contributed by atoms with Gasteiger partial charge in [-0.2, -0.15) is 13.2 Å². The number of nitrogens with zero attached hydrogens (tertiary/aromatic N) is 3. The van der Waals surface area contributed by atoms with E-state index in [1.165, 1.54) is 28.8 Å². The number of aromatic nitrogens is 1. The molecule has 0 radical (unpaired) electrons. The molecule has 0 atom stereocenters. The molecule has 1 aromatic heterocycles. The normalized spacial score (nSPS) is 11.4. The molecule has 54 heavy (non-hydrogen) atoms. The first-order valence-corrected chi connectivity index (χ1v) is 18.4. The third-order valence-corrected chi connectivity index (χ3v) is 9.43. The zero-order chi connectivity index (χ0) is 37.6. The van der Waals surface area contributed by atoms with E-state index in [0.717, 1.165) is 79.7 Å². The minimum absolute atomic E-state index is 0.277. The second-order valence-corrected chi connectivity index (χ2v) is 13.6. The van der Waals surface area contributed by atoms with Gasteiger partial charge in [-0.25, -0.2) is 4.79 Å². The molecule has 6 aromatic rings. The maximum atomic E-state index is 13.4. The highest BCUT2D eigenvalue weighted by Crippen LogP contribution is 2.30. The van der Waals surface area contributed by atoms with Gasteiger partial charge in [0.25, 0.3) is 0 Å². The third-order valence-electron chi connectivity index (χ3n) is 9.43. The summed E-state index contributed by atoms with van der Waals surface area (Å²) in [5.74, 6) is 0. The highest BCUT2D eigenvalue weighted by Gasteiger charge is 2.30. The van der Waals surface area contributed by atoms with Crippen molar-refractivity contribution < 1.29 is 18.0 Å². The summed E-state index contributed by atoms with van der Waals surface area (Å²) in [5, 5.41) is 2.75. The van der Waals surface area contributed by atoms with Crippen molar-refractivity contribution in [2.24, 2.45) is 0 Å². The van der Waals surface area contributed by atoms with Crippen LogP contribution in [0.2, 0.25) is 0 Å². The van der Waals surface area contributed by atoms with Crippen molar-refractivity contribution in [2.75, 3.05) is 18.4 Å². The first-order valence-electron chi connectivity index (χ1n) is 18.4. The van der Waals surface area contributed by atoms with Gasteiger partial charge in [0.15, 0.2) is 0 Å². The van der Waals surface area contributed by atoms with E-state index in [2.05, 4.69) is 112 Å². The number of pyridine rings is 1. The van der Waals surface area contributed by atoms with Crippen LogP contribution in [-0.4, -0.2) is 33.9 Å². The van der Waals surface area contributed by atoms with Crippen molar-refractivity contribution in [1.29, 1.82) is 0 Å². The molecule has 0 aliphatic carbocycles. The highest BCUT2D eigenvalue weighted by atomic mass is 19.4. The molecule has 0 aliphatic rings. The molecule has 5 aromatic carbocycles. The van der Waals surface area contributed by atoms with Crippen LogP contribution in [0.4, 0.5) is 23.7 Å². The van der Waals surface area contributed by atoms with Gasteiger partial charge in [0.1, 0.15) is 0 Å². The largest absolute Gasteiger partial charge is 0.416 e. The minimum Gasteiger partial charge on any atom is -0.316 e. The summed E-state index contributed by atoms with van der Waals surface area (Å²) in [7, 11) is 0. The monoisotopic (exact) mass is 726 g/mol. The first kappa shape index (κ1) is 38.0. The molecule has 8 heteroatoms. The lowest BCUT2D eigenvalue weighted by molar-refractivity contribution is -0.137. The van der Waals surface area contributed by atoms with Crippen LogP contribution in [0.25, 0.3) is 11.1 Å². The first-order chi connectivity index (χ1) is 26.3. The molecule has 0 saturated heterocycles. The molecule has 0 fully saturated rings. The van der Waals surface area contributed by atoms with Crippen molar-refractivity contribution in [2.45, 2.75) is 51.5 Å². The molecule has 1 N–H and O–H groups in total. The van der Waals surface area contributed by atoms with Crippen LogP contribution >= 0.6 is 0 Å². The van der Waals surface area contributed by atoms with E-state index < -0.39 is 17.8 Å². The van der Waals surface area contributed by atoms with Crippen molar-refractivity contribution in [1.82, 2.24) is 14.8 Å². The Labute approximate surface area is 316 Å². The van der Waals surface area contributed by atoms with Gasteiger partial charge in [-0.3, -0.25) is 9.88 Å². The topological polar surface area (TPSA) is 48.5 Å². The molecule has 0 saturated carbocycles. The second kappa shape index (κ2) is 18.9. The summed E-state index contributed by atoms with van der Waals surface area (Å²) >= 11 is 0. The Morgan fingerprint density at radius 2 is 1.06 bits per heavy atom. The maximum absolute atomic E-state index is 13.4. The number of carbonyl (C=O) groups excluding carboxylic acids is 1. The molecule has 0 aliphatic heterocycles. The summed E-state index contributed by atoms with van der Waals surface area (Å²) in [4.78, 5) is 21.8. The average Bonchev–Trinajstić information content (AvgIpc) is 3.19. The van der Waals surface area contributed by atoms with Crippen molar-refractivity contribution >= 4 is 11.7 Å². The molecule has 6 rings (SSSR count). The van der Waals surface area contributed by atoms with Gasteiger partial charge in [-0.05, 0) is 108 Å². The van der Waals surface area contributed by atoms with Crippen LogP contribution < -0.4 is 5.32 Å². The van der Waals surface area contributed by atoms with Gasteiger partial charge in [-0.1, -0.05) is 115 Å². The lowest BCUT2D eigenvalue weighted by Crippen LogP contribution is -2.34. The molecule has 0 unspecified atom stereocenters. The van der Waals surface area contributed by atoms with E-state index in [9.17, 15) is 18.0 Å². The Hall–Kier alpha value is -5.73. The standard InChI is InChI=1S/C46H45F3N4O/c47-46(48,49)43-25-27-44(28-26-43)51-45(54)53(35-40-14-7-29-50-32-40)34-39-19-23-42(24-20-39)41-21-17-38(18-22-41)33-52(30-8-15-36-10-3-1-4-11-36)31-9-16-37-12-5-2-6-13-37/h1-7,10-14,17-29,32H,8-9,15-16,30-31,33-35H2,(H,51,54). The number of amides is 2. The number of hydrogen-bond acceptors (Lipinski definition) is 3. The van der Waals surface area contributed by atoms with E-state index in [1.54, 1.807) is 23.4 Å². The molecule has 2 amide bonds. The van der Waals surface area contributed by atoms with Crippen LogP contribution in [0.5, 0.6) is 0 Å². The van der Waals surface area contributed by atoms with Gasteiger partial charge in [0.2, 0.25) is 0 Å². The molecule has 276 valence electrons. The van der Waals surface area contributed by atoms with Crippen LogP contribution in [-0.2, 0) is 38.7 Å². The minimum atomic E-state index is -4.45. The fraction of sp³-hybridized carbons (Fsp3) is 0.217. The predicted molar refractivity (Wildman–Crippen MR) is 211 cm³/mol. The summed E-state index contributed by atoms with van der Waals surface area (Å²) in [5.41, 5.74) is 7.47. The van der Waals surface area contributed by atoms with E-state index in [1.807, 2.05) is 18.2 Å². The fourth-order valence-electron chi connectivity index (χ4n) is 6.51. The van der Waals surface area contributed by atoms with E-state index >= 15 is 0 Å². The highest BCUT2D eigenvalue weighted by molar-refractivity contribution is 5.89. The smallest absolute Gasteiger partial charge is 0.316 e. The molecular formula is C46H45F3N4O. The van der Waals surface area contributed by atoms with Gasteiger partial charge in [-0.15, -0.1) is 0 Å². The van der Waals surface area contributed by atoms with Gasteiger partial charge in [0, 0.05) is 37.7 Å². The average molecular weight is 727 g/mol. The van der Waals surface area contributed by atoms with Gasteiger partial charge < -0.3 is 10.2 Å². The summed E-state index contributed by atoms with van der Waals surface area (Å²) < 4.78 is 39.2. The predicted octanol–water partition coefficient (Wildman–Crippen LogP) is 11.1. The number of anilines is 1. The Morgan fingerprint density at radius 3 is 1.56 bits per heavy atom. The number of halogens is 3. The van der Waals surface area contributed by atoms with Crippen LogP contribution in [0.3, 0.4) is 0 Å². The van der Waals surface area contributed by atoms with Gasteiger partial charge >= 0.3 is 12.2 Å². The number of aryl methyl sites for hydroxylation is 2. The lowest BCUT2D eigenvalue weighted by Gasteiger charge is -2.24. The Bertz CT molecular complexity index is 1960. The summed E-state index contributed by atoms with van der Waals surface area (Å²) in [6, 6.07) is 46.0. The van der Waals surface area contributed by atoms with Gasteiger partial charge in [0.05, 0.1) is 5.56 Å². The van der Waals surface area contributed by atoms with Crippen LogP contribution in [0.1, 0.15) is 46.2 Å². The molecule has 1 heterocycles. The molecule has 0 spiro atoms. The second-order valence-electron chi connectivity index (χ2n) is 13.6. The van der Waals surface area contributed by atoms with Crippen molar-refractivity contribution in [3.8, 4) is 11.1 Å². The Morgan fingerprint density at radius 1 is 0.556 bits per heavy atom. The molecule has 0 bridgehead atoms. The van der Waals surface area contributed by atoms with E-state index in [-0.39, 0.29) is 12.2 Å². The molecular weight excluding hydrogens is 682 g/mol. The number of alkyl halides is 3. The lowest BCUT2D eigenvalue weighted by atomic mass is 10.0. The molecule has 5 nitrogen and oxygen atoms in total. The number of urea groups is 1. The maximum Gasteiger partial charge on any atom is 0.416 e. The zero-order valence-corrected chi connectivity index (χ0v) is 30.3. The van der Waals surface area contributed by atoms with Crippen LogP contribution in [0.15, 0.2) is 158 Å². The Balaban J connectivity index is 1.08. The quantitative estimate of drug-likeness (QED) is 0.108.